The third-order valence-corrected chi connectivity index (χ3v) is 7.17. The van der Waals surface area contributed by atoms with E-state index in [1.807, 2.05) is 0 Å². The molecule has 40 heavy (non-hydrogen) atoms. The highest BCUT2D eigenvalue weighted by molar-refractivity contribution is 7.89. The maximum atomic E-state index is 14.0. The van der Waals surface area contributed by atoms with Crippen LogP contribution in [0, 0.1) is 6.92 Å². The van der Waals surface area contributed by atoms with Gasteiger partial charge in [0, 0.05) is 5.92 Å². The lowest BCUT2D eigenvalue weighted by Crippen LogP contribution is -2.35. The van der Waals surface area contributed by atoms with Crippen LogP contribution in [0.5, 0.6) is 5.88 Å². The van der Waals surface area contributed by atoms with Crippen LogP contribution >= 0.6 is 0 Å². The normalized spacial score (nSPS) is 15.2. The Bertz CT molecular complexity index is 1630. The predicted molar refractivity (Wildman–Crippen MR) is 139 cm³/mol. The molecule has 0 saturated heterocycles. The first-order valence-corrected chi connectivity index (χ1v) is 13.3. The van der Waals surface area contributed by atoms with Crippen LogP contribution < -0.4 is 20.8 Å². The van der Waals surface area contributed by atoms with Crippen LogP contribution in [0.3, 0.4) is 0 Å². The molecule has 0 amide bonds. The first-order valence-electron chi connectivity index (χ1n) is 12.1. The summed E-state index contributed by atoms with van der Waals surface area (Å²) >= 11 is -1.72. The van der Waals surface area contributed by atoms with Gasteiger partial charge in [-0.2, -0.15) is 13.2 Å². The number of rotatable bonds is 8. The summed E-state index contributed by atoms with van der Waals surface area (Å²) in [6, 6.07) is 0.787. The number of aryl methyl sites for hydroxylation is 1. The quantitative estimate of drug-likeness (QED) is 0.296. The molecule has 1 saturated carbocycles. The maximum Gasteiger partial charge on any atom is 0.409 e. The van der Waals surface area contributed by atoms with Gasteiger partial charge in [0.25, 0.3) is 5.56 Å². The van der Waals surface area contributed by atoms with E-state index in [1.54, 1.807) is 6.92 Å². The molecule has 1 fully saturated rings. The number of aromatic nitrogens is 7. The Labute approximate surface area is 228 Å². The van der Waals surface area contributed by atoms with Crippen LogP contribution in [0.25, 0.3) is 22.6 Å². The van der Waals surface area contributed by atoms with Crippen LogP contribution in [0.1, 0.15) is 48.8 Å². The van der Waals surface area contributed by atoms with E-state index in [0.29, 0.717) is 26.4 Å². The molecule has 210 valence electrons. The van der Waals surface area contributed by atoms with E-state index in [4.69, 9.17) is 9.88 Å². The zero-order chi connectivity index (χ0) is 28.8. The molecule has 5 rings (SSSR count). The summed E-state index contributed by atoms with van der Waals surface area (Å²) in [7, 11) is 1.41. The number of methoxy groups -OCH3 is 1. The van der Waals surface area contributed by atoms with E-state index in [2.05, 4.69) is 35.2 Å². The van der Waals surface area contributed by atoms with Gasteiger partial charge in [0.15, 0.2) is 22.2 Å². The Morgan fingerprint density at radius 2 is 1.98 bits per heavy atom. The molecule has 1 unspecified atom stereocenters. The van der Waals surface area contributed by atoms with Gasteiger partial charge in [-0.15, -0.1) is 5.14 Å². The Hall–Kier alpha value is -3.89. The summed E-state index contributed by atoms with van der Waals surface area (Å²) in [6.07, 6.45) is -0.344. The number of halogens is 3. The zero-order valence-electron chi connectivity index (χ0n) is 21.6. The molecule has 0 aliphatic heterocycles. The summed E-state index contributed by atoms with van der Waals surface area (Å²) in [5.74, 6) is 0.00301. The Balaban J connectivity index is 1.65. The Morgan fingerprint density at radius 3 is 2.58 bits per heavy atom. The number of fused-ring (bicyclic) bond motifs is 1. The van der Waals surface area contributed by atoms with Crippen molar-refractivity contribution in [2.75, 3.05) is 12.4 Å². The standard InChI is InChI=1S/C24H24F3N9O3S/c1-11-17-21(35-19(33-11)16-18(13-4-5-13)31-10-32-22(16)39-3)36(12(2)24(25,26)27)23(37)20(34-17)30-8-14-6-7-15(9-29-14)40(28)38/h6-7,9-10,12-13H,4-5,8,28H2,1-3H3,(H,30,34)/t12-,40?/m0/s1. The molecule has 2 atom stereocenters. The molecule has 0 aromatic carbocycles. The second-order valence-corrected chi connectivity index (χ2v) is 10.3. The van der Waals surface area contributed by atoms with Crippen LogP contribution in [0.4, 0.5) is 19.0 Å². The zero-order valence-corrected chi connectivity index (χ0v) is 22.4. The molecule has 4 aromatic rings. The second kappa shape index (κ2) is 10.6. The molecule has 16 heteroatoms. The maximum absolute atomic E-state index is 14.0. The molecular formula is C24H24F3N9O3S. The van der Waals surface area contributed by atoms with Crippen LogP contribution in [-0.2, 0) is 17.9 Å². The number of nitrogens with one attached hydrogen (secondary N) is 1. The van der Waals surface area contributed by atoms with Crippen LogP contribution in [-0.4, -0.2) is 52.3 Å². The molecule has 0 bridgehead atoms. The van der Waals surface area contributed by atoms with Crippen molar-refractivity contribution >= 4 is 28.3 Å². The molecular weight excluding hydrogens is 551 g/mol. The molecule has 1 aliphatic rings. The van der Waals surface area contributed by atoms with E-state index in [9.17, 15) is 22.5 Å². The fourth-order valence-electron chi connectivity index (χ4n) is 4.18. The van der Waals surface area contributed by atoms with E-state index in [1.165, 1.54) is 31.8 Å². The Kier molecular flexibility index (Phi) is 7.32. The number of anilines is 1. The molecule has 3 N–H and O–H groups in total. The van der Waals surface area contributed by atoms with Gasteiger partial charge in [-0.1, -0.05) is 0 Å². The molecule has 1 aliphatic carbocycles. The molecule has 4 aromatic heterocycles. The largest absolute Gasteiger partial charge is 0.593 e. The van der Waals surface area contributed by atoms with Gasteiger partial charge in [-0.3, -0.25) is 14.3 Å². The number of nitrogens with zero attached hydrogens (tertiary/aromatic N) is 7. The summed E-state index contributed by atoms with van der Waals surface area (Å²) in [5.41, 5.74) is 0.346. The minimum Gasteiger partial charge on any atom is -0.593 e. The fourth-order valence-corrected chi connectivity index (χ4v) is 4.53. The van der Waals surface area contributed by atoms with Gasteiger partial charge < -0.3 is 14.6 Å². The molecule has 0 spiro atoms. The van der Waals surface area contributed by atoms with Gasteiger partial charge in [0.2, 0.25) is 5.88 Å². The lowest BCUT2D eigenvalue weighted by molar-refractivity contribution is -0.162. The minimum atomic E-state index is -4.77. The van der Waals surface area contributed by atoms with Crippen molar-refractivity contribution in [2.24, 2.45) is 5.14 Å². The van der Waals surface area contributed by atoms with E-state index < -0.39 is 29.1 Å². The van der Waals surface area contributed by atoms with Gasteiger partial charge in [0.1, 0.15) is 23.4 Å². The van der Waals surface area contributed by atoms with Crippen molar-refractivity contribution in [3.05, 3.63) is 52.1 Å². The summed E-state index contributed by atoms with van der Waals surface area (Å²) < 4.78 is 59.4. The Morgan fingerprint density at radius 1 is 1.23 bits per heavy atom. The predicted octanol–water partition coefficient (Wildman–Crippen LogP) is 2.95. The highest BCUT2D eigenvalue weighted by Gasteiger charge is 2.40. The average Bonchev–Trinajstić information content (AvgIpc) is 3.76. The lowest BCUT2D eigenvalue weighted by Gasteiger charge is -2.22. The van der Waals surface area contributed by atoms with Crippen molar-refractivity contribution < 1.29 is 22.5 Å². The van der Waals surface area contributed by atoms with E-state index >= 15 is 0 Å². The van der Waals surface area contributed by atoms with Crippen molar-refractivity contribution in [1.29, 1.82) is 0 Å². The number of hydrogen-bond donors (Lipinski definition) is 2. The molecule has 4 heterocycles. The minimum absolute atomic E-state index is 0.00701. The molecule has 0 radical (unpaired) electrons. The van der Waals surface area contributed by atoms with E-state index in [-0.39, 0.29) is 46.8 Å². The van der Waals surface area contributed by atoms with E-state index in [0.717, 1.165) is 19.8 Å². The number of ether oxygens (including phenoxy) is 1. The summed E-state index contributed by atoms with van der Waals surface area (Å²) in [5, 5.41) is 8.09. The number of alkyl halides is 3. The van der Waals surface area contributed by atoms with Crippen LogP contribution in [0.2, 0.25) is 0 Å². The average molecular weight is 576 g/mol. The third-order valence-electron chi connectivity index (χ3n) is 6.46. The summed E-state index contributed by atoms with van der Waals surface area (Å²) in [4.78, 5) is 39.6. The highest BCUT2D eigenvalue weighted by atomic mass is 32.2. The van der Waals surface area contributed by atoms with Crippen molar-refractivity contribution in [3.63, 3.8) is 0 Å². The first-order chi connectivity index (χ1) is 19.0. The smallest absolute Gasteiger partial charge is 0.409 e. The number of hydrogen-bond acceptors (Lipinski definition) is 11. The first kappa shape index (κ1) is 27.7. The number of nitrogens with two attached hydrogens (primary N) is 1. The van der Waals surface area contributed by atoms with Crippen molar-refractivity contribution in [2.45, 2.75) is 56.3 Å². The third kappa shape index (κ3) is 5.29. The highest BCUT2D eigenvalue weighted by Crippen LogP contribution is 2.45. The van der Waals surface area contributed by atoms with Crippen molar-refractivity contribution in [3.8, 4) is 17.3 Å². The molecule has 12 nitrogen and oxygen atoms in total. The summed E-state index contributed by atoms with van der Waals surface area (Å²) in [6.45, 7) is 2.39. The second-order valence-electron chi connectivity index (χ2n) is 9.21. The monoisotopic (exact) mass is 575 g/mol. The van der Waals surface area contributed by atoms with Gasteiger partial charge in [-0.25, -0.2) is 24.9 Å². The topological polar surface area (TPSA) is 170 Å². The van der Waals surface area contributed by atoms with Gasteiger partial charge in [-0.05, 0) is 38.8 Å². The van der Waals surface area contributed by atoms with Crippen LogP contribution in [0.15, 0.2) is 34.3 Å². The fraction of sp³-hybridized carbons (Fsp3) is 0.375. The van der Waals surface area contributed by atoms with Gasteiger partial charge >= 0.3 is 6.18 Å². The number of pyridine rings is 1. The van der Waals surface area contributed by atoms with Crippen molar-refractivity contribution in [1.82, 2.24) is 34.5 Å². The van der Waals surface area contributed by atoms with Gasteiger partial charge in [0.05, 0.1) is 48.3 Å². The SMILES string of the molecule is COc1ncnc(C2CC2)c1-c1nc(C)c2nc(NCc3ccc([S+](N)[O-])cn3)c(=O)n([C@@H](C)C(F)(F)F)c2n1. The lowest BCUT2D eigenvalue weighted by atomic mass is 10.1.